The van der Waals surface area contributed by atoms with Crippen molar-refractivity contribution in [1.29, 1.82) is 0 Å². The van der Waals surface area contributed by atoms with E-state index in [1.807, 2.05) is 0 Å². The van der Waals surface area contributed by atoms with Crippen LogP contribution in [0.15, 0.2) is 0 Å². The maximum absolute atomic E-state index is 5.71. The van der Waals surface area contributed by atoms with Crippen LogP contribution >= 0.6 is 46.1 Å². The van der Waals surface area contributed by atoms with E-state index < -0.39 is 3.79 Å². The highest BCUT2D eigenvalue weighted by molar-refractivity contribution is 7.16. The second kappa shape index (κ2) is 4.59. The molecule has 1 aromatic rings. The van der Waals surface area contributed by atoms with Crippen LogP contribution in [0, 0.1) is 0 Å². The minimum absolute atomic E-state index is 0.397. The number of halogens is 3. The highest BCUT2D eigenvalue weighted by atomic mass is 35.6. The first-order valence-corrected chi connectivity index (χ1v) is 6.26. The topological polar surface area (TPSA) is 38.2 Å². The zero-order valence-corrected chi connectivity index (χ0v) is 10.7. The molecule has 0 atom stereocenters. The fourth-order valence-corrected chi connectivity index (χ4v) is 2.44. The van der Waals surface area contributed by atoms with E-state index in [1.165, 1.54) is 11.3 Å². The molecule has 1 saturated heterocycles. The first kappa shape index (κ1) is 11.7. The third kappa shape index (κ3) is 2.85. The third-order valence-electron chi connectivity index (χ3n) is 1.94. The molecule has 1 aromatic heterocycles. The minimum atomic E-state index is -1.48. The van der Waals surface area contributed by atoms with Gasteiger partial charge >= 0.3 is 0 Å². The first-order valence-electron chi connectivity index (χ1n) is 4.31. The molecular formula is C7H8Cl3N3OS. The second-order valence-electron chi connectivity index (χ2n) is 2.99. The third-order valence-corrected chi connectivity index (χ3v) is 3.92. The van der Waals surface area contributed by atoms with Crippen molar-refractivity contribution >= 4 is 51.3 Å². The summed E-state index contributed by atoms with van der Waals surface area (Å²) in [4.78, 5) is 2.07. The summed E-state index contributed by atoms with van der Waals surface area (Å²) >= 11 is 18.4. The number of hydrogen-bond donors (Lipinski definition) is 0. The fourth-order valence-electron chi connectivity index (χ4n) is 1.21. The van der Waals surface area contributed by atoms with Gasteiger partial charge in [-0.2, -0.15) is 0 Å². The van der Waals surface area contributed by atoms with Gasteiger partial charge in [0.05, 0.1) is 13.2 Å². The lowest BCUT2D eigenvalue weighted by atomic mass is 10.5. The molecular weight excluding hydrogens is 281 g/mol. The molecule has 15 heavy (non-hydrogen) atoms. The molecule has 0 aromatic carbocycles. The summed E-state index contributed by atoms with van der Waals surface area (Å²) in [6.07, 6.45) is 0. The molecule has 0 spiro atoms. The molecule has 0 aliphatic carbocycles. The van der Waals surface area contributed by atoms with Crippen LogP contribution in [0.25, 0.3) is 0 Å². The van der Waals surface area contributed by atoms with E-state index in [4.69, 9.17) is 39.5 Å². The van der Waals surface area contributed by atoms with Gasteiger partial charge in [-0.3, -0.25) is 0 Å². The van der Waals surface area contributed by atoms with Gasteiger partial charge in [0.2, 0.25) is 8.92 Å². The van der Waals surface area contributed by atoms with Gasteiger partial charge in [0, 0.05) is 13.1 Å². The largest absolute Gasteiger partial charge is 0.378 e. The zero-order valence-electron chi connectivity index (χ0n) is 7.62. The average Bonchev–Trinajstić information content (AvgIpc) is 2.67. The Balaban J connectivity index is 2.12. The van der Waals surface area contributed by atoms with Crippen molar-refractivity contribution in [2.45, 2.75) is 3.79 Å². The van der Waals surface area contributed by atoms with Gasteiger partial charge in [0.25, 0.3) is 0 Å². The maximum Gasteiger partial charge on any atom is 0.244 e. The van der Waals surface area contributed by atoms with Crippen molar-refractivity contribution in [1.82, 2.24) is 10.2 Å². The molecule has 0 unspecified atom stereocenters. The van der Waals surface area contributed by atoms with Crippen LogP contribution < -0.4 is 4.90 Å². The maximum atomic E-state index is 5.71. The molecule has 1 aliphatic heterocycles. The van der Waals surface area contributed by atoms with Crippen LogP contribution in [0.5, 0.6) is 0 Å². The molecule has 1 fully saturated rings. The SMILES string of the molecule is ClC(Cl)(Cl)c1nnc(N2CCOCC2)s1. The van der Waals surface area contributed by atoms with E-state index >= 15 is 0 Å². The number of morpholine rings is 1. The molecule has 0 bridgehead atoms. The van der Waals surface area contributed by atoms with Gasteiger partial charge in [-0.15, -0.1) is 10.2 Å². The Hall–Kier alpha value is 0.190. The van der Waals surface area contributed by atoms with Gasteiger partial charge in [-0.1, -0.05) is 46.1 Å². The zero-order chi connectivity index (χ0) is 10.9. The Morgan fingerprint density at radius 2 is 1.87 bits per heavy atom. The number of rotatable bonds is 1. The standard InChI is InChI=1S/C7H8Cl3N3OS/c8-7(9,10)5-11-12-6(15-5)13-1-3-14-4-2-13/h1-4H2. The number of anilines is 1. The predicted molar refractivity (Wildman–Crippen MR) is 62.2 cm³/mol. The van der Waals surface area contributed by atoms with Crippen molar-refractivity contribution in [3.8, 4) is 0 Å². The number of ether oxygens (including phenoxy) is 1. The van der Waals surface area contributed by atoms with Crippen molar-refractivity contribution in [3.63, 3.8) is 0 Å². The summed E-state index contributed by atoms with van der Waals surface area (Å²) < 4.78 is 3.75. The van der Waals surface area contributed by atoms with Crippen molar-refractivity contribution in [3.05, 3.63) is 5.01 Å². The molecule has 2 rings (SSSR count). The van der Waals surface area contributed by atoms with Crippen LogP contribution in [0.2, 0.25) is 0 Å². The Morgan fingerprint density at radius 3 is 2.40 bits per heavy atom. The summed E-state index contributed by atoms with van der Waals surface area (Å²) in [5.41, 5.74) is 0. The van der Waals surface area contributed by atoms with Gasteiger partial charge in [0.1, 0.15) is 0 Å². The van der Waals surface area contributed by atoms with Crippen molar-refractivity contribution in [2.24, 2.45) is 0 Å². The van der Waals surface area contributed by atoms with E-state index in [9.17, 15) is 0 Å². The van der Waals surface area contributed by atoms with Crippen molar-refractivity contribution in [2.75, 3.05) is 31.2 Å². The molecule has 0 saturated carbocycles. The lowest BCUT2D eigenvalue weighted by Crippen LogP contribution is -2.36. The summed E-state index contributed by atoms with van der Waals surface area (Å²) in [6, 6.07) is 0. The first-order chi connectivity index (χ1) is 7.07. The average molecular weight is 289 g/mol. The number of hydrogen-bond acceptors (Lipinski definition) is 5. The molecule has 1 aliphatic rings. The van der Waals surface area contributed by atoms with Gasteiger partial charge in [-0.25, -0.2) is 0 Å². The van der Waals surface area contributed by atoms with E-state index in [1.54, 1.807) is 0 Å². The Bertz CT molecular complexity index is 334. The summed E-state index contributed by atoms with van der Waals surface area (Å²) in [7, 11) is 0. The molecule has 0 N–H and O–H groups in total. The van der Waals surface area contributed by atoms with Gasteiger partial charge in [0.15, 0.2) is 5.01 Å². The molecule has 0 amide bonds. The van der Waals surface area contributed by atoms with Crippen molar-refractivity contribution < 1.29 is 4.74 Å². The van der Waals surface area contributed by atoms with Crippen LogP contribution in [0.4, 0.5) is 5.13 Å². The predicted octanol–water partition coefficient (Wildman–Crippen LogP) is 2.20. The van der Waals surface area contributed by atoms with Crippen LogP contribution in [-0.2, 0) is 8.53 Å². The number of alkyl halides is 3. The minimum Gasteiger partial charge on any atom is -0.378 e. The molecule has 0 radical (unpaired) electrons. The normalized spacial score (nSPS) is 18.2. The summed E-state index contributed by atoms with van der Waals surface area (Å²) in [5.74, 6) is 0. The quantitative estimate of drug-likeness (QED) is 0.743. The lowest BCUT2D eigenvalue weighted by Gasteiger charge is -2.25. The molecule has 4 nitrogen and oxygen atoms in total. The Morgan fingerprint density at radius 1 is 1.20 bits per heavy atom. The number of nitrogens with zero attached hydrogens (tertiary/aromatic N) is 3. The van der Waals surface area contributed by atoms with E-state index in [-0.39, 0.29) is 0 Å². The molecule has 2 heterocycles. The second-order valence-corrected chi connectivity index (χ2v) is 6.22. The summed E-state index contributed by atoms with van der Waals surface area (Å²) in [5, 5.41) is 9.02. The highest BCUT2D eigenvalue weighted by Crippen LogP contribution is 2.41. The van der Waals surface area contributed by atoms with Crippen LogP contribution in [-0.4, -0.2) is 36.5 Å². The van der Waals surface area contributed by atoms with E-state index in [0.717, 1.165) is 18.2 Å². The smallest absolute Gasteiger partial charge is 0.244 e. The summed E-state index contributed by atoms with van der Waals surface area (Å²) in [6.45, 7) is 2.99. The molecule has 8 heteroatoms. The highest BCUT2D eigenvalue weighted by Gasteiger charge is 2.29. The Kier molecular flexibility index (Phi) is 3.57. The van der Waals surface area contributed by atoms with Gasteiger partial charge in [-0.05, 0) is 0 Å². The number of aromatic nitrogens is 2. The lowest BCUT2D eigenvalue weighted by molar-refractivity contribution is 0.122. The van der Waals surface area contributed by atoms with Crippen LogP contribution in [0.3, 0.4) is 0 Å². The molecule has 84 valence electrons. The van der Waals surface area contributed by atoms with E-state index in [2.05, 4.69) is 15.1 Å². The Labute approximate surface area is 106 Å². The monoisotopic (exact) mass is 287 g/mol. The van der Waals surface area contributed by atoms with E-state index in [0.29, 0.717) is 18.2 Å². The fraction of sp³-hybridized carbons (Fsp3) is 0.714. The van der Waals surface area contributed by atoms with Gasteiger partial charge < -0.3 is 9.64 Å². The van der Waals surface area contributed by atoms with Crippen LogP contribution in [0.1, 0.15) is 5.01 Å².